The first-order valence-corrected chi connectivity index (χ1v) is 10.2. The van der Waals surface area contributed by atoms with Crippen LogP contribution in [0.3, 0.4) is 0 Å². The third kappa shape index (κ3) is 4.58. The van der Waals surface area contributed by atoms with Gasteiger partial charge in [-0.15, -0.1) is 0 Å². The number of para-hydroxylation sites is 3. The van der Waals surface area contributed by atoms with Crippen LogP contribution in [0.4, 0.5) is 22.7 Å². The van der Waals surface area contributed by atoms with Crippen LogP contribution in [0.25, 0.3) is 0 Å². The Morgan fingerprint density at radius 2 is 1.00 bits per heavy atom. The predicted molar refractivity (Wildman–Crippen MR) is 128 cm³/mol. The van der Waals surface area contributed by atoms with Gasteiger partial charge in [-0.25, -0.2) is 5.01 Å². The summed E-state index contributed by atoms with van der Waals surface area (Å²) in [6.45, 7) is 3.08. The molecule has 0 heterocycles. The molecule has 0 aliphatic carbocycles. The minimum absolute atomic E-state index is 0.910. The number of hydrogen-bond donors (Lipinski definition) is 0. The smallest absolute Gasteiger partial charge is 0.0652 e. The zero-order valence-corrected chi connectivity index (χ0v) is 17.1. The number of anilines is 4. The van der Waals surface area contributed by atoms with Crippen LogP contribution in [-0.4, -0.2) is 12.8 Å². The molecule has 4 aromatic carbocycles. The first-order valence-electron chi connectivity index (χ1n) is 10.2. The van der Waals surface area contributed by atoms with Gasteiger partial charge in [0.05, 0.1) is 17.6 Å². The molecule has 30 heavy (non-hydrogen) atoms. The molecule has 3 nitrogen and oxygen atoms in total. The van der Waals surface area contributed by atoms with Gasteiger partial charge in [-0.3, -0.25) is 0 Å². The maximum atomic E-state index is 4.78. The van der Waals surface area contributed by atoms with Crippen molar-refractivity contribution in [1.29, 1.82) is 0 Å². The normalized spacial score (nSPS) is 10.8. The van der Waals surface area contributed by atoms with Gasteiger partial charge in [-0.1, -0.05) is 66.7 Å². The minimum Gasteiger partial charge on any atom is -0.342 e. The molecule has 0 saturated carbocycles. The molecule has 0 amide bonds. The van der Waals surface area contributed by atoms with E-state index in [0.717, 1.165) is 23.5 Å². The van der Waals surface area contributed by atoms with Gasteiger partial charge < -0.3 is 4.90 Å². The van der Waals surface area contributed by atoms with Crippen molar-refractivity contribution in [2.24, 2.45) is 5.10 Å². The second-order valence-electron chi connectivity index (χ2n) is 6.90. The third-order valence-electron chi connectivity index (χ3n) is 4.91. The summed E-state index contributed by atoms with van der Waals surface area (Å²) in [5.41, 5.74) is 5.47. The van der Waals surface area contributed by atoms with Crippen LogP contribution >= 0.6 is 0 Å². The second-order valence-corrected chi connectivity index (χ2v) is 6.90. The van der Waals surface area contributed by atoms with E-state index >= 15 is 0 Å². The van der Waals surface area contributed by atoms with E-state index in [-0.39, 0.29) is 0 Å². The number of benzene rings is 4. The van der Waals surface area contributed by atoms with Gasteiger partial charge in [0.15, 0.2) is 0 Å². The molecule has 0 fully saturated rings. The standard InChI is InChI=1S/C27H25N3/c1-2-29(24-12-6-3-7-13-24)25-20-18-23(19-21-25)22-28-30(26-14-8-4-9-15-26)27-16-10-5-11-17-27/h3-22H,2H2,1H3. The molecule has 0 bridgehead atoms. The summed E-state index contributed by atoms with van der Waals surface area (Å²) in [4.78, 5) is 2.29. The van der Waals surface area contributed by atoms with E-state index in [0.29, 0.717) is 0 Å². The van der Waals surface area contributed by atoms with Crippen LogP contribution in [0.5, 0.6) is 0 Å². The van der Waals surface area contributed by atoms with Gasteiger partial charge in [-0.05, 0) is 61.0 Å². The monoisotopic (exact) mass is 391 g/mol. The highest BCUT2D eigenvalue weighted by Gasteiger charge is 2.08. The molecular formula is C27H25N3. The average Bonchev–Trinajstić information content (AvgIpc) is 2.83. The lowest BCUT2D eigenvalue weighted by Gasteiger charge is -2.23. The highest BCUT2D eigenvalue weighted by molar-refractivity contribution is 5.82. The Labute approximate surface area is 178 Å². The van der Waals surface area contributed by atoms with Crippen LogP contribution in [0.2, 0.25) is 0 Å². The number of hydrogen-bond acceptors (Lipinski definition) is 3. The van der Waals surface area contributed by atoms with E-state index < -0.39 is 0 Å². The van der Waals surface area contributed by atoms with Crippen molar-refractivity contribution in [2.75, 3.05) is 16.5 Å². The lowest BCUT2D eigenvalue weighted by Crippen LogP contribution is -2.15. The van der Waals surface area contributed by atoms with Crippen molar-refractivity contribution in [1.82, 2.24) is 0 Å². The Balaban J connectivity index is 1.58. The molecule has 148 valence electrons. The fourth-order valence-electron chi connectivity index (χ4n) is 3.41. The Morgan fingerprint density at radius 1 is 0.567 bits per heavy atom. The number of nitrogens with zero attached hydrogens (tertiary/aromatic N) is 3. The largest absolute Gasteiger partial charge is 0.342 e. The molecule has 4 aromatic rings. The molecule has 0 atom stereocenters. The summed E-state index contributed by atoms with van der Waals surface area (Å²) in [6.07, 6.45) is 1.91. The third-order valence-corrected chi connectivity index (χ3v) is 4.91. The molecule has 0 aliphatic heterocycles. The van der Waals surface area contributed by atoms with Gasteiger partial charge in [0, 0.05) is 17.9 Å². The van der Waals surface area contributed by atoms with E-state index in [4.69, 9.17) is 5.10 Å². The van der Waals surface area contributed by atoms with Crippen molar-refractivity contribution in [3.8, 4) is 0 Å². The Bertz CT molecular complexity index is 1020. The van der Waals surface area contributed by atoms with Crippen LogP contribution in [-0.2, 0) is 0 Å². The van der Waals surface area contributed by atoms with Crippen LogP contribution in [0, 0.1) is 0 Å². The van der Waals surface area contributed by atoms with Crippen molar-refractivity contribution < 1.29 is 0 Å². The molecule has 0 N–H and O–H groups in total. The lowest BCUT2D eigenvalue weighted by atomic mass is 10.2. The maximum Gasteiger partial charge on any atom is 0.0652 e. The molecule has 0 spiro atoms. The lowest BCUT2D eigenvalue weighted by molar-refractivity contribution is 1.02. The van der Waals surface area contributed by atoms with Gasteiger partial charge in [0.25, 0.3) is 0 Å². The van der Waals surface area contributed by atoms with Crippen molar-refractivity contribution in [3.63, 3.8) is 0 Å². The predicted octanol–water partition coefficient (Wildman–Crippen LogP) is 7.02. The van der Waals surface area contributed by atoms with Crippen molar-refractivity contribution in [3.05, 3.63) is 121 Å². The van der Waals surface area contributed by atoms with Crippen LogP contribution < -0.4 is 9.91 Å². The molecule has 0 aromatic heterocycles. The highest BCUT2D eigenvalue weighted by atomic mass is 15.5. The molecule has 0 unspecified atom stereocenters. The van der Waals surface area contributed by atoms with E-state index in [2.05, 4.69) is 84.6 Å². The fraction of sp³-hybridized carbons (Fsp3) is 0.0741. The highest BCUT2D eigenvalue weighted by Crippen LogP contribution is 2.26. The summed E-state index contributed by atoms with van der Waals surface area (Å²) >= 11 is 0. The average molecular weight is 392 g/mol. The first kappa shape index (κ1) is 19.5. The van der Waals surface area contributed by atoms with E-state index in [1.807, 2.05) is 53.7 Å². The fourth-order valence-corrected chi connectivity index (χ4v) is 3.41. The molecule has 0 saturated heterocycles. The molecule has 0 radical (unpaired) electrons. The zero-order valence-electron chi connectivity index (χ0n) is 17.1. The molecular weight excluding hydrogens is 366 g/mol. The Hall–Kier alpha value is -3.85. The van der Waals surface area contributed by atoms with Gasteiger partial charge in [-0.2, -0.15) is 5.10 Å². The van der Waals surface area contributed by atoms with Gasteiger partial charge in [0.1, 0.15) is 0 Å². The van der Waals surface area contributed by atoms with Crippen LogP contribution in [0.1, 0.15) is 12.5 Å². The summed E-state index contributed by atoms with van der Waals surface area (Å²) in [6, 6.07) is 39.3. The topological polar surface area (TPSA) is 18.8 Å². The molecule has 4 rings (SSSR count). The summed E-state index contributed by atoms with van der Waals surface area (Å²) in [5.74, 6) is 0. The summed E-state index contributed by atoms with van der Waals surface area (Å²) in [7, 11) is 0. The van der Waals surface area contributed by atoms with E-state index in [9.17, 15) is 0 Å². The zero-order chi connectivity index (χ0) is 20.6. The van der Waals surface area contributed by atoms with Gasteiger partial charge >= 0.3 is 0 Å². The summed E-state index contributed by atoms with van der Waals surface area (Å²) < 4.78 is 0. The van der Waals surface area contributed by atoms with E-state index in [1.165, 1.54) is 11.4 Å². The second kappa shape index (κ2) is 9.57. The first-order chi connectivity index (χ1) is 14.8. The number of hydrazone groups is 1. The quantitative estimate of drug-likeness (QED) is 0.249. The van der Waals surface area contributed by atoms with Crippen molar-refractivity contribution >= 4 is 29.0 Å². The Kier molecular flexibility index (Phi) is 6.21. The van der Waals surface area contributed by atoms with Crippen LogP contribution in [0.15, 0.2) is 120 Å². The van der Waals surface area contributed by atoms with Crippen molar-refractivity contribution in [2.45, 2.75) is 6.92 Å². The molecule has 0 aliphatic rings. The SMILES string of the molecule is CCN(c1ccccc1)c1ccc(C=NN(c2ccccc2)c2ccccc2)cc1. The maximum absolute atomic E-state index is 4.78. The van der Waals surface area contributed by atoms with E-state index in [1.54, 1.807) is 0 Å². The molecule has 3 heteroatoms. The van der Waals surface area contributed by atoms with Gasteiger partial charge in [0.2, 0.25) is 0 Å². The number of rotatable bonds is 7. The summed E-state index contributed by atoms with van der Waals surface area (Å²) in [5, 5.41) is 6.74. The minimum atomic E-state index is 0.910. The Morgan fingerprint density at radius 3 is 1.47 bits per heavy atom.